The van der Waals surface area contributed by atoms with Crippen molar-refractivity contribution in [2.75, 3.05) is 17.5 Å². The van der Waals surface area contributed by atoms with Gasteiger partial charge in [-0.05, 0) is 0 Å². The minimum absolute atomic E-state index is 0.0608. The van der Waals surface area contributed by atoms with Crippen LogP contribution in [0.1, 0.15) is 27.7 Å². The van der Waals surface area contributed by atoms with Gasteiger partial charge in [0.15, 0.2) is 0 Å². The summed E-state index contributed by atoms with van der Waals surface area (Å²) in [6, 6.07) is 16.5. The summed E-state index contributed by atoms with van der Waals surface area (Å²) in [4.78, 5) is 0. The molecule has 1 aliphatic rings. The fourth-order valence-corrected chi connectivity index (χ4v) is 5.65. The molecule has 6 nitrogen and oxygen atoms in total. The zero-order valence-electron chi connectivity index (χ0n) is 19.7. The predicted octanol–water partition coefficient (Wildman–Crippen LogP) is 6.95. The monoisotopic (exact) mass is 539 g/mol. The van der Waals surface area contributed by atoms with Gasteiger partial charge in [0.2, 0.25) is 0 Å². The van der Waals surface area contributed by atoms with E-state index >= 15 is 0 Å². The van der Waals surface area contributed by atoms with Crippen LogP contribution >= 0.6 is 11.7 Å². The molecule has 175 valence electrons. The molecule has 2 heterocycles. The Balaban J connectivity index is 1.55. The summed E-state index contributed by atoms with van der Waals surface area (Å²) in [6.45, 7) is 9.99. The van der Waals surface area contributed by atoms with Crippen LogP contribution < -0.4 is 13.8 Å². The van der Waals surface area contributed by atoms with Gasteiger partial charge < -0.3 is 0 Å². The summed E-state index contributed by atoms with van der Waals surface area (Å²) in [5.74, 6) is 2.72. The van der Waals surface area contributed by atoms with E-state index in [1.807, 2.05) is 24.3 Å². The van der Waals surface area contributed by atoms with Gasteiger partial charge in [-0.25, -0.2) is 0 Å². The van der Waals surface area contributed by atoms with Gasteiger partial charge in [0.05, 0.1) is 0 Å². The van der Waals surface area contributed by atoms with Crippen LogP contribution in [0.15, 0.2) is 52.5 Å². The van der Waals surface area contributed by atoms with Crippen molar-refractivity contribution in [1.29, 1.82) is 0 Å². The van der Waals surface area contributed by atoms with Gasteiger partial charge in [-0.15, -0.1) is 0 Å². The molecule has 34 heavy (non-hydrogen) atoms. The van der Waals surface area contributed by atoms with E-state index in [0.29, 0.717) is 25.0 Å². The first kappa shape index (κ1) is 23.0. The molecule has 1 aliphatic heterocycles. The van der Waals surface area contributed by atoms with Gasteiger partial charge in [-0.2, -0.15) is 0 Å². The van der Waals surface area contributed by atoms with Crippen molar-refractivity contribution < 1.29 is 9.47 Å². The van der Waals surface area contributed by atoms with Crippen molar-refractivity contribution in [1.82, 2.24) is 8.75 Å². The quantitative estimate of drug-likeness (QED) is 0.246. The number of hydrogen-bond donors (Lipinski definition) is 1. The number of rotatable bonds is 8. The third-order valence-electron chi connectivity index (χ3n) is 5.42. The Morgan fingerprint density at radius 1 is 0.765 bits per heavy atom. The molecule has 8 heteroatoms. The van der Waals surface area contributed by atoms with Crippen LogP contribution in [0.5, 0.6) is 11.5 Å². The first-order chi connectivity index (χ1) is 16.5. The fourth-order valence-electron chi connectivity index (χ4n) is 3.81. The number of aromatic nitrogens is 2. The van der Waals surface area contributed by atoms with E-state index in [2.05, 4.69) is 56.3 Å². The van der Waals surface area contributed by atoms with Crippen molar-refractivity contribution in [3.8, 4) is 33.8 Å². The van der Waals surface area contributed by atoms with Crippen LogP contribution in [-0.4, -0.2) is 36.9 Å². The summed E-state index contributed by atoms with van der Waals surface area (Å²) in [7, 11) is 0. The molecule has 0 fully saturated rings. The zero-order valence-corrected chi connectivity index (χ0v) is 22.2. The van der Waals surface area contributed by atoms with Crippen LogP contribution in [0.2, 0.25) is 0 Å². The summed E-state index contributed by atoms with van der Waals surface area (Å²) in [5.41, 5.74) is 8.01. The normalized spacial score (nSPS) is 12.4. The first-order valence-corrected chi connectivity index (χ1v) is 13.8. The molecule has 0 bridgehead atoms. The summed E-state index contributed by atoms with van der Waals surface area (Å²) < 4.78 is 29.6. The Bertz CT molecular complexity index is 1330. The maximum atomic E-state index is 5.87. The van der Waals surface area contributed by atoms with E-state index in [1.54, 1.807) is 0 Å². The van der Waals surface area contributed by atoms with Crippen molar-refractivity contribution in [3.63, 3.8) is 0 Å². The second-order valence-corrected chi connectivity index (χ2v) is 10.9. The standard InChI is InChI=1S/C26H27N4O2SSe/c1-15(2)13-31-19-9-5-17(6-10-19)21-23-24(28-33-27-23)22(26-25(21)29-34-30-26)18-7-11-20(12-8-18)32-14-16(3)4/h5-12,15-16H,13-14H2,1-4H3,(H,29,30). The number of hydrogen-bond acceptors (Lipinski definition) is 7. The first-order valence-electron chi connectivity index (χ1n) is 11.4. The van der Waals surface area contributed by atoms with Crippen molar-refractivity contribution >= 4 is 49.1 Å². The topological polar surface area (TPSA) is 68.6 Å². The molecule has 5 rings (SSSR count). The summed E-state index contributed by atoms with van der Waals surface area (Å²) >= 11 is 1.18. The Labute approximate surface area is 210 Å². The molecule has 3 aromatic carbocycles. The van der Waals surface area contributed by atoms with E-state index in [1.165, 1.54) is 11.7 Å². The van der Waals surface area contributed by atoms with E-state index in [-0.39, 0.29) is 15.0 Å². The SMILES string of the molecule is CC(C)COc1ccc(-c2c3c(c(-c4ccc(OCC(C)C)cc4)c4nsnc24)N[Se]=N3)cc1. The van der Waals surface area contributed by atoms with Crippen LogP contribution in [0.4, 0.5) is 11.4 Å². The molecule has 0 saturated heterocycles. The third-order valence-corrected chi connectivity index (χ3v) is 7.15. The number of nitrogens with one attached hydrogen (secondary N) is 1. The number of ether oxygens (including phenoxy) is 2. The Morgan fingerprint density at radius 3 is 1.79 bits per heavy atom. The maximum absolute atomic E-state index is 5.87. The Morgan fingerprint density at radius 2 is 1.26 bits per heavy atom. The molecule has 0 saturated carbocycles. The molecular weight excluding hydrogens is 511 g/mol. The van der Waals surface area contributed by atoms with Gasteiger partial charge in [0.25, 0.3) is 0 Å². The van der Waals surface area contributed by atoms with Gasteiger partial charge in [-0.3, -0.25) is 0 Å². The van der Waals surface area contributed by atoms with Gasteiger partial charge in [-0.1, -0.05) is 0 Å². The van der Waals surface area contributed by atoms with Gasteiger partial charge in [0, 0.05) is 0 Å². The molecule has 4 aromatic rings. The van der Waals surface area contributed by atoms with Crippen molar-refractivity contribution in [3.05, 3.63) is 48.5 Å². The molecule has 1 radical (unpaired) electrons. The second kappa shape index (κ2) is 9.82. The molecule has 1 aromatic heterocycles. The minimum atomic E-state index is -0.0608. The van der Waals surface area contributed by atoms with Crippen LogP contribution in [0, 0.1) is 11.8 Å². The summed E-state index contributed by atoms with van der Waals surface area (Å²) in [6.07, 6.45) is 0. The second-order valence-electron chi connectivity index (χ2n) is 9.18. The number of benzene rings is 3. The molecule has 0 unspecified atom stereocenters. The molecule has 1 N–H and O–H groups in total. The van der Waals surface area contributed by atoms with E-state index in [4.69, 9.17) is 22.2 Å². The average Bonchev–Trinajstić information content (AvgIpc) is 3.51. The molecule has 0 aliphatic carbocycles. The molecular formula is C26H27N4O2SSe. The van der Waals surface area contributed by atoms with Gasteiger partial charge >= 0.3 is 211 Å². The molecule has 0 atom stereocenters. The van der Waals surface area contributed by atoms with Crippen LogP contribution in [-0.2, 0) is 0 Å². The van der Waals surface area contributed by atoms with Crippen molar-refractivity contribution in [2.45, 2.75) is 27.7 Å². The summed E-state index contributed by atoms with van der Waals surface area (Å²) in [5, 5.41) is 0. The number of nitrogens with zero attached hydrogens (tertiary/aromatic N) is 3. The van der Waals surface area contributed by atoms with E-state index in [0.717, 1.165) is 56.2 Å². The molecule has 0 spiro atoms. The predicted molar refractivity (Wildman–Crippen MR) is 140 cm³/mol. The van der Waals surface area contributed by atoms with E-state index < -0.39 is 0 Å². The molecule has 0 amide bonds. The van der Waals surface area contributed by atoms with Gasteiger partial charge in [0.1, 0.15) is 0 Å². The number of anilines is 1. The van der Waals surface area contributed by atoms with Crippen LogP contribution in [0.25, 0.3) is 33.3 Å². The zero-order chi connectivity index (χ0) is 23.7. The third kappa shape index (κ3) is 4.58. The average molecular weight is 539 g/mol. The fraction of sp³-hybridized carbons (Fsp3) is 0.308. The Hall–Kier alpha value is -2.80. The van der Waals surface area contributed by atoms with E-state index in [9.17, 15) is 0 Å². The van der Waals surface area contributed by atoms with Crippen molar-refractivity contribution in [2.24, 2.45) is 15.8 Å². The van der Waals surface area contributed by atoms with Crippen LogP contribution in [0.3, 0.4) is 0 Å². The Kier molecular flexibility index (Phi) is 6.63. The number of fused-ring (bicyclic) bond motifs is 2.